The molecule has 3 rings (SSSR count). The van der Waals surface area contributed by atoms with Crippen molar-refractivity contribution in [3.05, 3.63) is 82.4 Å². The SMILES string of the molecule is CCOc1cc(/C=N\NC(=O)C(=O)Nc2c(C)cccc2C)ccc1OCC(=O)Nc1ccc(Cl)cc1. The van der Waals surface area contributed by atoms with E-state index in [4.69, 9.17) is 21.1 Å². The molecule has 0 spiro atoms. The molecular formula is C27H27ClN4O5. The minimum Gasteiger partial charge on any atom is -0.490 e. The van der Waals surface area contributed by atoms with E-state index in [1.165, 1.54) is 6.21 Å². The lowest BCUT2D eigenvalue weighted by Gasteiger charge is -2.13. The van der Waals surface area contributed by atoms with Crippen molar-refractivity contribution in [2.45, 2.75) is 20.8 Å². The molecule has 0 aliphatic rings. The number of nitrogens with one attached hydrogen (secondary N) is 3. The predicted molar refractivity (Wildman–Crippen MR) is 143 cm³/mol. The number of hydrogen-bond acceptors (Lipinski definition) is 6. The number of aryl methyl sites for hydroxylation is 2. The van der Waals surface area contributed by atoms with Crippen LogP contribution in [0.3, 0.4) is 0 Å². The maximum Gasteiger partial charge on any atom is 0.329 e. The van der Waals surface area contributed by atoms with E-state index in [1.54, 1.807) is 42.5 Å². The number of hydrazone groups is 1. The van der Waals surface area contributed by atoms with Gasteiger partial charge in [-0.3, -0.25) is 14.4 Å². The molecule has 0 aliphatic heterocycles. The molecule has 10 heteroatoms. The maximum absolute atomic E-state index is 12.2. The Kier molecular flexibility index (Phi) is 9.62. The second kappa shape index (κ2) is 13.1. The zero-order chi connectivity index (χ0) is 26.8. The molecule has 0 bridgehead atoms. The van der Waals surface area contributed by atoms with Crippen LogP contribution in [0.25, 0.3) is 0 Å². The van der Waals surface area contributed by atoms with Gasteiger partial charge >= 0.3 is 11.8 Å². The third-order valence-corrected chi connectivity index (χ3v) is 5.31. The molecule has 0 fully saturated rings. The zero-order valence-electron chi connectivity index (χ0n) is 20.6. The van der Waals surface area contributed by atoms with Crippen LogP contribution in [0.1, 0.15) is 23.6 Å². The molecular weight excluding hydrogens is 496 g/mol. The Morgan fingerprint density at radius 1 is 0.892 bits per heavy atom. The fourth-order valence-electron chi connectivity index (χ4n) is 3.26. The number of benzene rings is 3. The van der Waals surface area contributed by atoms with E-state index < -0.39 is 11.8 Å². The molecule has 9 nitrogen and oxygen atoms in total. The van der Waals surface area contributed by atoms with Gasteiger partial charge in [-0.2, -0.15) is 5.10 Å². The van der Waals surface area contributed by atoms with Gasteiger partial charge in [-0.05, 0) is 79.9 Å². The van der Waals surface area contributed by atoms with Crippen molar-refractivity contribution < 1.29 is 23.9 Å². The highest BCUT2D eigenvalue weighted by molar-refractivity contribution is 6.39. The van der Waals surface area contributed by atoms with Crippen molar-refractivity contribution in [2.75, 3.05) is 23.8 Å². The molecule has 0 aromatic heterocycles. The number of halogens is 1. The van der Waals surface area contributed by atoms with Crippen molar-refractivity contribution >= 4 is 46.9 Å². The number of para-hydroxylation sites is 1. The molecule has 3 aromatic rings. The Balaban J connectivity index is 1.57. The first-order valence-electron chi connectivity index (χ1n) is 11.4. The van der Waals surface area contributed by atoms with Crippen molar-refractivity contribution in [3.8, 4) is 11.5 Å². The average Bonchev–Trinajstić information content (AvgIpc) is 2.87. The number of hydrogen-bond donors (Lipinski definition) is 3. The first kappa shape index (κ1) is 27.2. The molecule has 3 N–H and O–H groups in total. The van der Waals surface area contributed by atoms with Crippen LogP contribution in [0.4, 0.5) is 11.4 Å². The minimum absolute atomic E-state index is 0.234. The highest BCUT2D eigenvalue weighted by Crippen LogP contribution is 2.28. The fraction of sp³-hybridized carbons (Fsp3) is 0.185. The van der Waals surface area contributed by atoms with Gasteiger partial charge in [-0.15, -0.1) is 0 Å². The molecule has 3 amide bonds. The molecule has 0 atom stereocenters. The van der Waals surface area contributed by atoms with E-state index >= 15 is 0 Å². The van der Waals surface area contributed by atoms with E-state index in [0.29, 0.717) is 40.1 Å². The third-order valence-electron chi connectivity index (χ3n) is 5.06. The van der Waals surface area contributed by atoms with Crippen LogP contribution < -0.4 is 25.5 Å². The normalized spacial score (nSPS) is 10.6. The van der Waals surface area contributed by atoms with Crippen molar-refractivity contribution in [2.24, 2.45) is 5.10 Å². The largest absolute Gasteiger partial charge is 0.490 e. The van der Waals surface area contributed by atoms with E-state index in [2.05, 4.69) is 21.2 Å². The molecule has 0 aliphatic carbocycles. The standard InChI is InChI=1S/C27H27ClN4O5/c1-4-36-23-14-19(8-13-22(23)37-16-24(33)30-21-11-9-20(28)10-12-21)15-29-32-27(35)26(34)31-25-17(2)6-5-7-18(25)3/h5-15H,4,16H2,1-3H3,(H,30,33)(H,31,34)(H,32,35)/b29-15-. The smallest absolute Gasteiger partial charge is 0.329 e. The van der Waals surface area contributed by atoms with E-state index in [1.807, 2.05) is 39.0 Å². The summed E-state index contributed by atoms with van der Waals surface area (Å²) in [6, 6.07) is 17.2. The van der Waals surface area contributed by atoms with Crippen LogP contribution in [0, 0.1) is 13.8 Å². The summed E-state index contributed by atoms with van der Waals surface area (Å²) in [7, 11) is 0. The number of anilines is 2. The summed E-state index contributed by atoms with van der Waals surface area (Å²) in [6.07, 6.45) is 1.36. The number of carbonyl (C=O) groups excluding carboxylic acids is 3. The maximum atomic E-state index is 12.2. The molecule has 192 valence electrons. The Labute approximate surface area is 219 Å². The summed E-state index contributed by atoms with van der Waals surface area (Å²) in [6.45, 7) is 5.62. The van der Waals surface area contributed by atoms with Gasteiger partial charge in [0.1, 0.15) is 0 Å². The van der Waals surface area contributed by atoms with Crippen LogP contribution in [0.5, 0.6) is 11.5 Å². The lowest BCUT2D eigenvalue weighted by molar-refractivity contribution is -0.136. The van der Waals surface area contributed by atoms with Gasteiger partial charge in [0.05, 0.1) is 12.8 Å². The molecule has 0 saturated heterocycles. The first-order valence-corrected chi connectivity index (χ1v) is 11.8. The lowest BCUT2D eigenvalue weighted by atomic mass is 10.1. The Hall–Kier alpha value is -4.37. The predicted octanol–water partition coefficient (Wildman–Crippen LogP) is 4.46. The van der Waals surface area contributed by atoms with Gasteiger partial charge in [-0.1, -0.05) is 29.8 Å². The number of amides is 3. The number of ether oxygens (including phenoxy) is 2. The highest BCUT2D eigenvalue weighted by atomic mass is 35.5. The van der Waals surface area contributed by atoms with Gasteiger partial charge in [0.2, 0.25) is 0 Å². The second-order valence-corrected chi connectivity index (χ2v) is 8.34. The fourth-order valence-corrected chi connectivity index (χ4v) is 3.39. The summed E-state index contributed by atoms with van der Waals surface area (Å²) >= 11 is 5.85. The van der Waals surface area contributed by atoms with Crippen LogP contribution >= 0.6 is 11.6 Å². The third kappa shape index (κ3) is 8.08. The summed E-state index contributed by atoms with van der Waals surface area (Å²) in [5, 5.41) is 9.74. The number of rotatable bonds is 9. The molecule has 0 heterocycles. The summed E-state index contributed by atoms with van der Waals surface area (Å²) < 4.78 is 11.2. The van der Waals surface area contributed by atoms with Crippen LogP contribution in [-0.2, 0) is 14.4 Å². The minimum atomic E-state index is -0.907. The second-order valence-electron chi connectivity index (χ2n) is 7.90. The average molecular weight is 523 g/mol. The van der Waals surface area contributed by atoms with Gasteiger partial charge in [0.25, 0.3) is 5.91 Å². The molecule has 0 radical (unpaired) electrons. The zero-order valence-corrected chi connectivity index (χ0v) is 21.4. The Morgan fingerprint density at radius 2 is 1.59 bits per heavy atom. The van der Waals surface area contributed by atoms with Gasteiger partial charge in [-0.25, -0.2) is 5.43 Å². The first-order chi connectivity index (χ1) is 17.8. The summed E-state index contributed by atoms with van der Waals surface area (Å²) in [5.74, 6) is -1.33. The Morgan fingerprint density at radius 3 is 2.27 bits per heavy atom. The molecule has 0 saturated carbocycles. The van der Waals surface area contributed by atoms with Crippen molar-refractivity contribution in [1.29, 1.82) is 0 Å². The molecule has 0 unspecified atom stereocenters. The van der Waals surface area contributed by atoms with Gasteiger partial charge < -0.3 is 20.1 Å². The van der Waals surface area contributed by atoms with E-state index in [-0.39, 0.29) is 12.5 Å². The monoisotopic (exact) mass is 522 g/mol. The summed E-state index contributed by atoms with van der Waals surface area (Å²) in [4.78, 5) is 36.6. The van der Waals surface area contributed by atoms with Gasteiger partial charge in [0.15, 0.2) is 18.1 Å². The molecule has 3 aromatic carbocycles. The number of nitrogens with zero attached hydrogens (tertiary/aromatic N) is 1. The van der Waals surface area contributed by atoms with Crippen molar-refractivity contribution in [3.63, 3.8) is 0 Å². The Bertz CT molecular complexity index is 1290. The van der Waals surface area contributed by atoms with E-state index in [9.17, 15) is 14.4 Å². The lowest BCUT2D eigenvalue weighted by Crippen LogP contribution is -2.32. The highest BCUT2D eigenvalue weighted by Gasteiger charge is 2.15. The number of carbonyl (C=O) groups is 3. The van der Waals surface area contributed by atoms with Crippen LogP contribution in [-0.4, -0.2) is 37.1 Å². The summed E-state index contributed by atoms with van der Waals surface area (Å²) in [5.41, 5.74) is 5.66. The topological polar surface area (TPSA) is 118 Å². The van der Waals surface area contributed by atoms with E-state index in [0.717, 1.165) is 11.1 Å². The quantitative estimate of drug-likeness (QED) is 0.218. The van der Waals surface area contributed by atoms with Crippen LogP contribution in [0.2, 0.25) is 5.02 Å². The van der Waals surface area contributed by atoms with Crippen LogP contribution in [0.15, 0.2) is 65.8 Å². The van der Waals surface area contributed by atoms with Crippen molar-refractivity contribution in [1.82, 2.24) is 5.43 Å². The molecule has 37 heavy (non-hydrogen) atoms. The van der Waals surface area contributed by atoms with Gasteiger partial charge in [0, 0.05) is 16.4 Å².